The Morgan fingerprint density at radius 2 is 2.00 bits per heavy atom. The van der Waals surface area contributed by atoms with Gasteiger partial charge in [0, 0.05) is 13.1 Å². The summed E-state index contributed by atoms with van der Waals surface area (Å²) in [5, 5.41) is 12.7. The fourth-order valence-corrected chi connectivity index (χ4v) is 4.78. The SMILES string of the molecule is O=C(Nc1ccc(S(=O)(=O)N2CCOCC2)s1)C1(O)CC1. The summed E-state index contributed by atoms with van der Waals surface area (Å²) >= 11 is 0.992. The Bertz CT molecular complexity index is 644. The van der Waals surface area contributed by atoms with Crippen LogP contribution in [0, 0.1) is 0 Å². The molecular weight excluding hydrogens is 316 g/mol. The Morgan fingerprint density at radius 1 is 1.33 bits per heavy atom. The van der Waals surface area contributed by atoms with Crippen LogP contribution in [0.25, 0.3) is 0 Å². The van der Waals surface area contributed by atoms with Crippen molar-refractivity contribution >= 4 is 32.3 Å². The van der Waals surface area contributed by atoms with Gasteiger partial charge in [-0.1, -0.05) is 0 Å². The van der Waals surface area contributed by atoms with Gasteiger partial charge in [0.15, 0.2) is 0 Å². The van der Waals surface area contributed by atoms with Crippen molar-refractivity contribution in [3.05, 3.63) is 12.1 Å². The van der Waals surface area contributed by atoms with Gasteiger partial charge >= 0.3 is 0 Å². The van der Waals surface area contributed by atoms with E-state index in [0.717, 1.165) is 11.3 Å². The first-order valence-electron chi connectivity index (χ1n) is 6.63. The highest BCUT2D eigenvalue weighted by molar-refractivity contribution is 7.91. The fraction of sp³-hybridized carbons (Fsp3) is 0.583. The molecule has 0 radical (unpaired) electrons. The molecule has 0 bridgehead atoms. The van der Waals surface area contributed by atoms with Crippen LogP contribution in [0.2, 0.25) is 0 Å². The zero-order valence-corrected chi connectivity index (χ0v) is 12.9. The first kappa shape index (κ1) is 14.9. The van der Waals surface area contributed by atoms with Gasteiger partial charge in [0.1, 0.15) is 9.81 Å². The van der Waals surface area contributed by atoms with Crippen LogP contribution in [-0.2, 0) is 19.6 Å². The Kier molecular flexibility index (Phi) is 3.78. The second-order valence-corrected chi connectivity index (χ2v) is 8.37. The topological polar surface area (TPSA) is 95.9 Å². The molecule has 0 aromatic carbocycles. The highest BCUT2D eigenvalue weighted by Crippen LogP contribution is 2.37. The van der Waals surface area contributed by atoms with E-state index in [-0.39, 0.29) is 4.21 Å². The number of thiophene rings is 1. The maximum absolute atomic E-state index is 12.4. The van der Waals surface area contributed by atoms with Gasteiger partial charge < -0.3 is 15.2 Å². The van der Waals surface area contributed by atoms with Gasteiger partial charge in [-0.25, -0.2) is 8.42 Å². The van der Waals surface area contributed by atoms with Crippen molar-refractivity contribution in [3.63, 3.8) is 0 Å². The Balaban J connectivity index is 1.73. The van der Waals surface area contributed by atoms with Gasteiger partial charge in [-0.15, -0.1) is 11.3 Å². The van der Waals surface area contributed by atoms with Crippen molar-refractivity contribution in [3.8, 4) is 0 Å². The summed E-state index contributed by atoms with van der Waals surface area (Å²) in [6, 6.07) is 3.02. The molecule has 21 heavy (non-hydrogen) atoms. The van der Waals surface area contributed by atoms with Gasteiger partial charge in [-0.2, -0.15) is 4.31 Å². The molecular formula is C12H16N2O5S2. The minimum absolute atomic E-state index is 0.183. The van der Waals surface area contributed by atoms with Crippen molar-refractivity contribution in [2.45, 2.75) is 22.7 Å². The average Bonchev–Trinajstić information content (AvgIpc) is 3.05. The molecule has 2 aliphatic rings. The van der Waals surface area contributed by atoms with Crippen molar-refractivity contribution < 1.29 is 23.1 Å². The van der Waals surface area contributed by atoms with E-state index < -0.39 is 21.5 Å². The maximum atomic E-state index is 12.4. The molecule has 1 amide bonds. The highest BCUT2D eigenvalue weighted by Gasteiger charge is 2.48. The summed E-state index contributed by atoms with van der Waals surface area (Å²) in [6.07, 6.45) is 0.895. The van der Waals surface area contributed by atoms with Crippen LogP contribution in [0.4, 0.5) is 5.00 Å². The number of hydrogen-bond donors (Lipinski definition) is 2. The fourth-order valence-electron chi connectivity index (χ4n) is 2.01. The third-order valence-corrected chi connectivity index (χ3v) is 6.90. The zero-order chi connectivity index (χ0) is 15.1. The molecule has 0 atom stereocenters. The summed E-state index contributed by atoms with van der Waals surface area (Å²) in [6.45, 7) is 1.45. The molecule has 1 aromatic heterocycles. The highest BCUT2D eigenvalue weighted by atomic mass is 32.2. The number of ether oxygens (including phenoxy) is 1. The van der Waals surface area contributed by atoms with Crippen LogP contribution in [0.5, 0.6) is 0 Å². The van der Waals surface area contributed by atoms with E-state index in [9.17, 15) is 18.3 Å². The number of carbonyl (C=O) groups excluding carboxylic acids is 1. The molecule has 1 aliphatic heterocycles. The quantitative estimate of drug-likeness (QED) is 0.823. The third-order valence-electron chi connectivity index (χ3n) is 3.53. The van der Waals surface area contributed by atoms with E-state index in [1.165, 1.54) is 10.4 Å². The number of amides is 1. The largest absolute Gasteiger partial charge is 0.380 e. The van der Waals surface area contributed by atoms with Gasteiger partial charge in [0.2, 0.25) is 0 Å². The minimum Gasteiger partial charge on any atom is -0.380 e. The van der Waals surface area contributed by atoms with Gasteiger partial charge in [0.25, 0.3) is 15.9 Å². The van der Waals surface area contributed by atoms with Crippen LogP contribution in [0.15, 0.2) is 16.3 Å². The van der Waals surface area contributed by atoms with Crippen LogP contribution in [0.3, 0.4) is 0 Å². The number of nitrogens with zero attached hydrogens (tertiary/aromatic N) is 1. The van der Waals surface area contributed by atoms with Crippen molar-refractivity contribution in [1.29, 1.82) is 0 Å². The predicted molar refractivity (Wildman–Crippen MR) is 76.7 cm³/mol. The zero-order valence-electron chi connectivity index (χ0n) is 11.2. The van der Waals surface area contributed by atoms with Crippen molar-refractivity contribution in [1.82, 2.24) is 4.31 Å². The van der Waals surface area contributed by atoms with Gasteiger partial charge in [-0.3, -0.25) is 4.79 Å². The number of hydrogen-bond acceptors (Lipinski definition) is 6. The number of rotatable bonds is 4. The second-order valence-electron chi connectivity index (χ2n) is 5.12. The molecule has 1 aromatic rings. The molecule has 1 aliphatic carbocycles. The molecule has 1 saturated carbocycles. The van der Waals surface area contributed by atoms with Crippen molar-refractivity contribution in [2.24, 2.45) is 0 Å². The number of anilines is 1. The summed E-state index contributed by atoms with van der Waals surface area (Å²) in [5.41, 5.74) is -1.27. The van der Waals surface area contributed by atoms with Gasteiger partial charge in [0.05, 0.1) is 18.2 Å². The predicted octanol–water partition coefficient (Wildman–Crippen LogP) is 0.232. The smallest absolute Gasteiger partial charge is 0.256 e. The summed E-state index contributed by atoms with van der Waals surface area (Å²) in [5.74, 6) is -0.473. The number of nitrogens with one attached hydrogen (secondary N) is 1. The molecule has 7 nitrogen and oxygen atoms in total. The Morgan fingerprint density at radius 3 is 2.62 bits per heavy atom. The molecule has 0 spiro atoms. The van der Waals surface area contributed by atoms with Crippen molar-refractivity contribution in [2.75, 3.05) is 31.6 Å². The molecule has 1 saturated heterocycles. The number of morpholine rings is 1. The molecule has 9 heteroatoms. The lowest BCUT2D eigenvalue weighted by molar-refractivity contribution is -0.125. The van der Waals surface area contributed by atoms with E-state index in [1.807, 2.05) is 0 Å². The van der Waals surface area contributed by atoms with Gasteiger partial charge in [-0.05, 0) is 25.0 Å². The average molecular weight is 332 g/mol. The van der Waals surface area contributed by atoms with Crippen LogP contribution in [0.1, 0.15) is 12.8 Å². The Hall–Kier alpha value is -1.00. The lowest BCUT2D eigenvalue weighted by Crippen LogP contribution is -2.40. The van der Waals surface area contributed by atoms with Crippen LogP contribution < -0.4 is 5.32 Å². The summed E-state index contributed by atoms with van der Waals surface area (Å²) in [7, 11) is -3.54. The van der Waals surface area contributed by atoms with E-state index in [0.29, 0.717) is 44.1 Å². The summed E-state index contributed by atoms with van der Waals surface area (Å²) in [4.78, 5) is 11.7. The lowest BCUT2D eigenvalue weighted by atomic mass is 10.3. The molecule has 3 rings (SSSR count). The normalized spacial score (nSPS) is 22.0. The summed E-state index contributed by atoms with van der Waals surface area (Å²) < 4.78 is 31.5. The minimum atomic E-state index is -3.54. The molecule has 2 fully saturated rings. The lowest BCUT2D eigenvalue weighted by Gasteiger charge is -2.25. The van der Waals surface area contributed by atoms with E-state index in [2.05, 4.69) is 5.32 Å². The van der Waals surface area contributed by atoms with Crippen LogP contribution >= 0.6 is 11.3 Å². The molecule has 116 valence electrons. The number of sulfonamides is 1. The Labute approximate surface area is 126 Å². The second kappa shape index (κ2) is 5.33. The third kappa shape index (κ3) is 2.97. The van der Waals surface area contributed by atoms with E-state index in [1.54, 1.807) is 6.07 Å². The molecule has 2 heterocycles. The molecule has 2 N–H and O–H groups in total. The molecule has 0 unspecified atom stereocenters. The maximum Gasteiger partial charge on any atom is 0.256 e. The van der Waals surface area contributed by atoms with Crippen LogP contribution in [-0.4, -0.2) is 55.6 Å². The van der Waals surface area contributed by atoms with E-state index >= 15 is 0 Å². The standard InChI is InChI=1S/C12H16N2O5S2/c15-11(12(16)3-4-12)13-9-1-2-10(20-9)21(17,18)14-5-7-19-8-6-14/h1-2,16H,3-8H2,(H,13,15). The monoisotopic (exact) mass is 332 g/mol. The first-order chi connectivity index (χ1) is 9.92. The first-order valence-corrected chi connectivity index (χ1v) is 8.89. The number of carbonyl (C=O) groups is 1. The van der Waals surface area contributed by atoms with E-state index in [4.69, 9.17) is 4.74 Å². The number of aliphatic hydroxyl groups is 1.